The normalized spacial score (nSPS) is 11.1. The summed E-state index contributed by atoms with van der Waals surface area (Å²) in [4.78, 5) is 22.3. The first-order chi connectivity index (χ1) is 15.0. The molecule has 0 aliphatic carbocycles. The number of halogens is 1. The molecule has 0 spiro atoms. The lowest BCUT2D eigenvalue weighted by Crippen LogP contribution is -2.27. The van der Waals surface area contributed by atoms with Crippen LogP contribution in [0.25, 0.3) is 22.2 Å². The molecule has 3 heterocycles. The van der Waals surface area contributed by atoms with Gasteiger partial charge >= 0.3 is 0 Å². The van der Waals surface area contributed by atoms with Crippen molar-refractivity contribution in [3.63, 3.8) is 0 Å². The van der Waals surface area contributed by atoms with Crippen molar-refractivity contribution in [3.05, 3.63) is 65.4 Å². The quantitative estimate of drug-likeness (QED) is 0.481. The van der Waals surface area contributed by atoms with Crippen LogP contribution in [0.5, 0.6) is 5.88 Å². The van der Waals surface area contributed by atoms with Gasteiger partial charge in [0.05, 0.1) is 36.5 Å². The lowest BCUT2D eigenvalue weighted by molar-refractivity contribution is -0.129. The number of benzene rings is 1. The van der Waals surface area contributed by atoms with Crippen molar-refractivity contribution in [2.24, 2.45) is 0 Å². The molecule has 31 heavy (non-hydrogen) atoms. The Morgan fingerprint density at radius 2 is 2.13 bits per heavy atom. The van der Waals surface area contributed by atoms with Gasteiger partial charge in [-0.3, -0.25) is 4.79 Å². The lowest BCUT2D eigenvalue weighted by atomic mass is 10.0. The summed E-state index contributed by atoms with van der Waals surface area (Å²) in [6.45, 7) is 4.45. The third-order valence-corrected chi connectivity index (χ3v) is 5.01. The Kier molecular flexibility index (Phi) is 5.70. The molecule has 0 saturated carbocycles. The molecule has 0 aliphatic heterocycles. The first-order valence-electron chi connectivity index (χ1n) is 10.0. The van der Waals surface area contributed by atoms with E-state index in [0.717, 1.165) is 16.8 Å². The molecule has 4 aromatic rings. The maximum absolute atomic E-state index is 14.0. The first-order valence-corrected chi connectivity index (χ1v) is 10.0. The fraction of sp³-hybridized carbons (Fsp3) is 0.261. The number of nitrogens with zero attached hydrogens (tertiary/aromatic N) is 3. The van der Waals surface area contributed by atoms with Crippen LogP contribution in [0.15, 0.2) is 47.1 Å². The van der Waals surface area contributed by atoms with E-state index in [4.69, 9.17) is 9.26 Å². The Bertz CT molecular complexity index is 1230. The molecular weight excluding hydrogens is 399 g/mol. The predicted molar refractivity (Wildman–Crippen MR) is 114 cm³/mol. The number of pyridine rings is 1. The van der Waals surface area contributed by atoms with Crippen LogP contribution in [0.3, 0.4) is 0 Å². The highest BCUT2D eigenvalue weighted by Gasteiger charge is 2.22. The zero-order valence-corrected chi connectivity index (χ0v) is 17.6. The number of carbonyl (C=O) groups is 1. The molecule has 1 aromatic carbocycles. The number of carbonyl (C=O) groups excluding carboxylic acids is 1. The van der Waals surface area contributed by atoms with Crippen LogP contribution >= 0.6 is 0 Å². The molecule has 0 fully saturated rings. The van der Waals surface area contributed by atoms with Crippen LogP contribution in [0.1, 0.15) is 23.9 Å². The van der Waals surface area contributed by atoms with Gasteiger partial charge < -0.3 is 19.1 Å². The molecule has 1 amide bonds. The third kappa shape index (κ3) is 4.28. The number of likely N-dealkylation sites (N-methyl/N-ethyl adjacent to an activating group) is 1. The Balaban J connectivity index is 1.73. The van der Waals surface area contributed by atoms with Gasteiger partial charge in [-0.25, -0.2) is 9.37 Å². The lowest BCUT2D eigenvalue weighted by Gasteiger charge is -2.16. The van der Waals surface area contributed by atoms with Crippen LogP contribution in [-0.4, -0.2) is 39.6 Å². The summed E-state index contributed by atoms with van der Waals surface area (Å²) in [6.07, 6.45) is 1.72. The summed E-state index contributed by atoms with van der Waals surface area (Å²) < 4.78 is 24.9. The van der Waals surface area contributed by atoms with E-state index in [-0.39, 0.29) is 18.1 Å². The number of amides is 1. The summed E-state index contributed by atoms with van der Waals surface area (Å²) in [5.74, 6) is 0.552. The summed E-state index contributed by atoms with van der Waals surface area (Å²) >= 11 is 0. The average Bonchev–Trinajstić information content (AvgIpc) is 3.31. The van der Waals surface area contributed by atoms with Crippen molar-refractivity contribution in [1.29, 1.82) is 0 Å². The topological polar surface area (TPSA) is 84.2 Å². The minimum atomic E-state index is -0.367. The number of aryl methyl sites for hydroxylation is 1. The molecule has 0 saturated heterocycles. The zero-order valence-electron chi connectivity index (χ0n) is 17.6. The summed E-state index contributed by atoms with van der Waals surface area (Å²) in [5, 5.41) is 4.51. The third-order valence-electron chi connectivity index (χ3n) is 5.01. The van der Waals surface area contributed by atoms with Gasteiger partial charge in [-0.2, -0.15) is 0 Å². The number of H-pyrrole nitrogens is 1. The van der Waals surface area contributed by atoms with Gasteiger partial charge in [0.15, 0.2) is 5.76 Å². The number of hydrogen-bond donors (Lipinski definition) is 1. The average molecular weight is 422 g/mol. The minimum absolute atomic E-state index is 0.0723. The molecule has 0 bridgehead atoms. The van der Waals surface area contributed by atoms with E-state index in [1.165, 1.54) is 12.1 Å². The van der Waals surface area contributed by atoms with E-state index in [0.29, 0.717) is 41.4 Å². The van der Waals surface area contributed by atoms with E-state index in [2.05, 4.69) is 15.1 Å². The maximum Gasteiger partial charge on any atom is 0.227 e. The zero-order chi connectivity index (χ0) is 22.0. The molecule has 3 aromatic heterocycles. The van der Waals surface area contributed by atoms with E-state index < -0.39 is 0 Å². The molecular formula is C23H23FN4O3. The van der Waals surface area contributed by atoms with Crippen LogP contribution in [-0.2, 0) is 17.8 Å². The molecule has 0 aliphatic rings. The van der Waals surface area contributed by atoms with Crippen molar-refractivity contribution in [3.8, 4) is 17.1 Å². The molecule has 8 heteroatoms. The Hall–Kier alpha value is -3.68. The van der Waals surface area contributed by atoms with E-state index in [1.807, 2.05) is 19.9 Å². The van der Waals surface area contributed by atoms with Crippen molar-refractivity contribution in [2.75, 3.05) is 13.7 Å². The highest BCUT2D eigenvalue weighted by atomic mass is 19.1. The van der Waals surface area contributed by atoms with Crippen LogP contribution < -0.4 is 4.74 Å². The monoisotopic (exact) mass is 422 g/mol. The smallest absolute Gasteiger partial charge is 0.227 e. The van der Waals surface area contributed by atoms with Gasteiger partial charge in [-0.15, -0.1) is 0 Å². The number of fused-ring (bicyclic) bond motifs is 1. The van der Waals surface area contributed by atoms with Gasteiger partial charge in [-0.05, 0) is 49.7 Å². The van der Waals surface area contributed by atoms with Crippen molar-refractivity contribution in [2.45, 2.75) is 26.8 Å². The van der Waals surface area contributed by atoms with Gasteiger partial charge in [0.2, 0.25) is 11.8 Å². The van der Waals surface area contributed by atoms with Crippen LogP contribution in [0.2, 0.25) is 0 Å². The van der Waals surface area contributed by atoms with Crippen molar-refractivity contribution in [1.82, 2.24) is 20.0 Å². The van der Waals surface area contributed by atoms with E-state index >= 15 is 0 Å². The van der Waals surface area contributed by atoms with E-state index in [1.54, 1.807) is 36.3 Å². The highest BCUT2D eigenvalue weighted by molar-refractivity contribution is 5.95. The standard InChI is InChI=1S/C23H23FN4O3/c1-4-30-23-17(6-5-9-25-23)22-19(18-11-15(24)7-8-20(18)26-22)12-21(29)28(3)13-16-10-14(2)27-31-16/h5-11,26H,4,12-13H2,1-3H3. The van der Waals surface area contributed by atoms with Crippen LogP contribution in [0.4, 0.5) is 4.39 Å². The van der Waals surface area contributed by atoms with Gasteiger partial charge in [-0.1, -0.05) is 5.16 Å². The molecule has 1 N–H and O–H groups in total. The number of rotatable bonds is 7. The Morgan fingerprint density at radius 1 is 1.29 bits per heavy atom. The van der Waals surface area contributed by atoms with Crippen molar-refractivity contribution < 1.29 is 18.4 Å². The molecule has 0 unspecified atom stereocenters. The SMILES string of the molecule is CCOc1ncccc1-c1[nH]c2ccc(F)cc2c1CC(=O)N(C)Cc1cc(C)no1. The number of aromatic nitrogens is 3. The first kappa shape index (κ1) is 20.6. The molecule has 0 radical (unpaired) electrons. The number of aromatic amines is 1. The predicted octanol–water partition coefficient (Wildman–Crippen LogP) is 4.27. The molecule has 0 atom stereocenters. The molecule has 4 rings (SSSR count). The number of hydrogen-bond acceptors (Lipinski definition) is 5. The van der Waals surface area contributed by atoms with E-state index in [9.17, 15) is 9.18 Å². The second-order valence-electron chi connectivity index (χ2n) is 7.32. The Labute approximate surface area is 178 Å². The van der Waals surface area contributed by atoms with Gasteiger partial charge in [0.1, 0.15) is 5.82 Å². The fourth-order valence-corrected chi connectivity index (χ4v) is 3.57. The molecule has 7 nitrogen and oxygen atoms in total. The van der Waals surface area contributed by atoms with Crippen LogP contribution in [0, 0.1) is 12.7 Å². The fourth-order valence-electron chi connectivity index (χ4n) is 3.57. The second-order valence-corrected chi connectivity index (χ2v) is 7.32. The highest BCUT2D eigenvalue weighted by Crippen LogP contribution is 2.35. The van der Waals surface area contributed by atoms with Gasteiger partial charge in [0, 0.05) is 30.2 Å². The summed E-state index contributed by atoms with van der Waals surface area (Å²) in [7, 11) is 1.70. The minimum Gasteiger partial charge on any atom is -0.477 e. The Morgan fingerprint density at radius 3 is 2.87 bits per heavy atom. The maximum atomic E-state index is 14.0. The summed E-state index contributed by atoms with van der Waals surface area (Å²) in [6, 6.07) is 9.95. The number of nitrogens with one attached hydrogen (secondary N) is 1. The largest absolute Gasteiger partial charge is 0.477 e. The van der Waals surface area contributed by atoms with Crippen molar-refractivity contribution >= 4 is 16.8 Å². The second kappa shape index (κ2) is 8.59. The molecule has 160 valence electrons. The summed E-state index contributed by atoms with van der Waals surface area (Å²) in [5.41, 5.74) is 3.59. The number of ether oxygens (including phenoxy) is 1. The van der Waals surface area contributed by atoms with Gasteiger partial charge in [0.25, 0.3) is 0 Å².